The van der Waals surface area contributed by atoms with Crippen molar-refractivity contribution in [2.45, 2.75) is 25.7 Å². The molecule has 90 valence electrons. The van der Waals surface area contributed by atoms with Gasteiger partial charge in [0.15, 0.2) is 6.79 Å². The first kappa shape index (κ1) is 13.0. The molecule has 0 aliphatic carbocycles. The molecule has 0 saturated heterocycles. The summed E-state index contributed by atoms with van der Waals surface area (Å²) in [4.78, 5) is 3.88. The minimum absolute atomic E-state index is 0.249. The summed E-state index contributed by atoms with van der Waals surface area (Å²) in [5.74, 6) is 0.628. The molecule has 0 spiro atoms. The topological polar surface area (TPSA) is 57.4 Å². The van der Waals surface area contributed by atoms with Crippen molar-refractivity contribution in [3.63, 3.8) is 0 Å². The Kier molecular flexibility index (Phi) is 4.76. The van der Waals surface area contributed by atoms with Crippen molar-refractivity contribution in [2.75, 3.05) is 19.1 Å². The molecule has 1 rings (SSSR count). The van der Waals surface area contributed by atoms with Crippen LogP contribution in [0.3, 0.4) is 0 Å². The Bertz CT molecular complexity index is 326. The summed E-state index contributed by atoms with van der Waals surface area (Å²) in [5.41, 5.74) is 6.21. The monoisotopic (exact) mass is 240 g/mol. The third kappa shape index (κ3) is 5.13. The summed E-state index contributed by atoms with van der Waals surface area (Å²) >= 11 is 0. The van der Waals surface area contributed by atoms with E-state index in [9.17, 15) is 0 Å². The van der Waals surface area contributed by atoms with Crippen LogP contribution in [0.2, 0.25) is 25.7 Å². The summed E-state index contributed by atoms with van der Waals surface area (Å²) in [6.45, 7) is 7.95. The number of hydrogen-bond donors (Lipinski definition) is 1. The van der Waals surface area contributed by atoms with Gasteiger partial charge in [0.05, 0.1) is 11.9 Å². The van der Waals surface area contributed by atoms with E-state index in [4.69, 9.17) is 15.2 Å². The lowest BCUT2D eigenvalue weighted by atomic mass is 10.4. The average Bonchev–Trinajstić information content (AvgIpc) is 2.18. The molecule has 1 aromatic rings. The normalized spacial score (nSPS) is 11.4. The number of nitrogens with zero attached hydrogens (tertiary/aromatic N) is 1. The lowest BCUT2D eigenvalue weighted by molar-refractivity contribution is 0.0224. The fraction of sp³-hybridized carbons (Fsp3) is 0.545. The molecule has 0 fully saturated rings. The number of nitrogen functional groups attached to an aromatic ring is 1. The SMILES string of the molecule is C[Si](C)(C)CCOCOc1ccncc1N. The predicted octanol–water partition coefficient (Wildman–Crippen LogP) is 2.35. The standard InChI is InChI=1S/C11H20N2O2Si/c1-16(2,3)7-6-14-9-15-11-4-5-13-8-10(11)12/h4-5,8H,6-7,9,12H2,1-3H3. The van der Waals surface area contributed by atoms with E-state index < -0.39 is 8.07 Å². The van der Waals surface area contributed by atoms with E-state index >= 15 is 0 Å². The second-order valence-electron chi connectivity index (χ2n) is 4.89. The van der Waals surface area contributed by atoms with Crippen LogP contribution < -0.4 is 10.5 Å². The van der Waals surface area contributed by atoms with Crippen molar-refractivity contribution >= 4 is 13.8 Å². The molecule has 4 nitrogen and oxygen atoms in total. The van der Waals surface area contributed by atoms with Gasteiger partial charge in [-0.1, -0.05) is 19.6 Å². The molecule has 1 aromatic heterocycles. The van der Waals surface area contributed by atoms with Gasteiger partial charge in [0.2, 0.25) is 0 Å². The quantitative estimate of drug-likeness (QED) is 0.471. The van der Waals surface area contributed by atoms with E-state index in [2.05, 4.69) is 24.6 Å². The van der Waals surface area contributed by atoms with E-state index in [0.29, 0.717) is 11.4 Å². The molecule has 16 heavy (non-hydrogen) atoms. The van der Waals surface area contributed by atoms with Crippen molar-refractivity contribution in [3.8, 4) is 5.75 Å². The van der Waals surface area contributed by atoms with Crippen LogP contribution in [0.1, 0.15) is 0 Å². The number of ether oxygens (including phenoxy) is 2. The summed E-state index contributed by atoms with van der Waals surface area (Å²) in [7, 11) is -1.01. The van der Waals surface area contributed by atoms with Gasteiger partial charge < -0.3 is 15.2 Å². The number of pyridine rings is 1. The second-order valence-corrected chi connectivity index (χ2v) is 10.5. The molecule has 0 unspecified atom stereocenters. The number of aromatic nitrogens is 1. The van der Waals surface area contributed by atoms with E-state index in [0.717, 1.165) is 12.7 Å². The maximum atomic E-state index is 5.67. The lowest BCUT2D eigenvalue weighted by Crippen LogP contribution is -2.22. The number of rotatable bonds is 6. The van der Waals surface area contributed by atoms with Crippen LogP contribution in [0.4, 0.5) is 5.69 Å². The molecule has 0 aromatic carbocycles. The van der Waals surface area contributed by atoms with Crippen LogP contribution in [0, 0.1) is 0 Å². The molecule has 0 atom stereocenters. The van der Waals surface area contributed by atoms with E-state index in [1.54, 1.807) is 18.5 Å². The molecule has 0 bridgehead atoms. The van der Waals surface area contributed by atoms with Gasteiger partial charge in [-0.15, -0.1) is 0 Å². The zero-order valence-corrected chi connectivity index (χ0v) is 11.2. The molecule has 2 N–H and O–H groups in total. The molecule has 0 radical (unpaired) electrons. The van der Waals surface area contributed by atoms with Crippen molar-refractivity contribution in [3.05, 3.63) is 18.5 Å². The Morgan fingerprint density at radius 2 is 2.12 bits per heavy atom. The molecular formula is C11H20N2O2Si. The number of hydrogen-bond acceptors (Lipinski definition) is 4. The minimum atomic E-state index is -1.01. The minimum Gasteiger partial charge on any atom is -0.465 e. The number of nitrogens with two attached hydrogens (primary N) is 1. The summed E-state index contributed by atoms with van der Waals surface area (Å²) in [6.07, 6.45) is 3.21. The van der Waals surface area contributed by atoms with Crippen LogP contribution in [0.5, 0.6) is 5.75 Å². The fourth-order valence-corrected chi connectivity index (χ4v) is 1.82. The third-order valence-corrected chi connectivity index (χ3v) is 3.81. The van der Waals surface area contributed by atoms with Gasteiger partial charge in [0.1, 0.15) is 5.75 Å². The highest BCUT2D eigenvalue weighted by atomic mass is 28.3. The zero-order valence-electron chi connectivity index (χ0n) is 10.2. The number of anilines is 1. The van der Waals surface area contributed by atoms with E-state index in [1.807, 2.05) is 0 Å². The largest absolute Gasteiger partial charge is 0.465 e. The maximum absolute atomic E-state index is 5.67. The van der Waals surface area contributed by atoms with Crippen LogP contribution in [-0.4, -0.2) is 26.5 Å². The van der Waals surface area contributed by atoms with Crippen LogP contribution in [-0.2, 0) is 4.74 Å². The van der Waals surface area contributed by atoms with Gasteiger partial charge in [-0.25, -0.2) is 0 Å². The van der Waals surface area contributed by atoms with E-state index in [1.165, 1.54) is 0 Å². The maximum Gasteiger partial charge on any atom is 0.189 e. The van der Waals surface area contributed by atoms with Gasteiger partial charge in [0, 0.05) is 26.9 Å². The van der Waals surface area contributed by atoms with Gasteiger partial charge >= 0.3 is 0 Å². The van der Waals surface area contributed by atoms with Gasteiger partial charge in [-0.05, 0) is 6.04 Å². The first-order chi connectivity index (χ1) is 7.49. The smallest absolute Gasteiger partial charge is 0.189 e. The molecule has 0 aliphatic heterocycles. The third-order valence-electron chi connectivity index (χ3n) is 2.10. The van der Waals surface area contributed by atoms with Crippen LogP contribution in [0.25, 0.3) is 0 Å². The Balaban J connectivity index is 2.19. The highest BCUT2D eigenvalue weighted by Gasteiger charge is 2.11. The van der Waals surface area contributed by atoms with Crippen molar-refractivity contribution in [2.24, 2.45) is 0 Å². The summed E-state index contributed by atoms with van der Waals surface area (Å²) in [6, 6.07) is 2.87. The highest BCUT2D eigenvalue weighted by molar-refractivity contribution is 6.76. The van der Waals surface area contributed by atoms with Gasteiger partial charge in [-0.2, -0.15) is 0 Å². The fourth-order valence-electron chi connectivity index (χ4n) is 1.07. The summed E-state index contributed by atoms with van der Waals surface area (Å²) in [5, 5.41) is 0. The molecule has 0 amide bonds. The predicted molar refractivity (Wildman–Crippen MR) is 68.2 cm³/mol. The molecule has 5 heteroatoms. The van der Waals surface area contributed by atoms with E-state index in [-0.39, 0.29) is 6.79 Å². The first-order valence-electron chi connectivity index (χ1n) is 5.39. The Labute approximate surface area is 97.8 Å². The second kappa shape index (κ2) is 5.86. The van der Waals surface area contributed by atoms with Crippen molar-refractivity contribution in [1.29, 1.82) is 0 Å². The van der Waals surface area contributed by atoms with Crippen molar-refractivity contribution < 1.29 is 9.47 Å². The molecular weight excluding hydrogens is 220 g/mol. The highest BCUT2D eigenvalue weighted by Crippen LogP contribution is 2.18. The molecule has 0 saturated carbocycles. The van der Waals surface area contributed by atoms with Crippen LogP contribution in [0.15, 0.2) is 18.5 Å². The Morgan fingerprint density at radius 1 is 1.38 bits per heavy atom. The lowest BCUT2D eigenvalue weighted by Gasteiger charge is -2.15. The Hall–Kier alpha value is -1.07. The van der Waals surface area contributed by atoms with Crippen molar-refractivity contribution in [1.82, 2.24) is 4.98 Å². The summed E-state index contributed by atoms with van der Waals surface area (Å²) < 4.78 is 10.8. The average molecular weight is 240 g/mol. The molecule has 1 heterocycles. The zero-order chi connectivity index (χ0) is 12.0. The van der Waals surface area contributed by atoms with Gasteiger partial charge in [-0.3, -0.25) is 4.98 Å². The Morgan fingerprint density at radius 3 is 2.75 bits per heavy atom. The molecule has 0 aliphatic rings. The first-order valence-corrected chi connectivity index (χ1v) is 9.10. The van der Waals surface area contributed by atoms with Crippen LogP contribution >= 0.6 is 0 Å². The van der Waals surface area contributed by atoms with Gasteiger partial charge in [0.25, 0.3) is 0 Å².